The van der Waals surface area contributed by atoms with Crippen molar-refractivity contribution in [3.8, 4) is 17.2 Å². The van der Waals surface area contributed by atoms with E-state index in [0.29, 0.717) is 36.8 Å². The molecular formula is C24H26N2O5. The molecule has 3 aliphatic rings. The highest BCUT2D eigenvalue weighted by atomic mass is 16.7. The van der Waals surface area contributed by atoms with Gasteiger partial charge >= 0.3 is 0 Å². The van der Waals surface area contributed by atoms with Gasteiger partial charge in [-0.25, -0.2) is 0 Å². The van der Waals surface area contributed by atoms with Crippen molar-refractivity contribution in [1.29, 1.82) is 0 Å². The van der Waals surface area contributed by atoms with Crippen LogP contribution in [0.2, 0.25) is 0 Å². The number of carbonyl (C=O) groups is 2. The van der Waals surface area contributed by atoms with E-state index in [4.69, 9.17) is 14.2 Å². The van der Waals surface area contributed by atoms with Crippen molar-refractivity contribution < 1.29 is 23.8 Å². The predicted octanol–water partition coefficient (Wildman–Crippen LogP) is 2.99. The maximum atomic E-state index is 13.8. The van der Waals surface area contributed by atoms with Gasteiger partial charge in [0.2, 0.25) is 18.6 Å². The fourth-order valence-corrected chi connectivity index (χ4v) is 4.49. The van der Waals surface area contributed by atoms with Crippen LogP contribution in [0.3, 0.4) is 0 Å². The molecule has 1 unspecified atom stereocenters. The molecule has 3 heterocycles. The monoisotopic (exact) mass is 422 g/mol. The molecule has 7 heteroatoms. The summed E-state index contributed by atoms with van der Waals surface area (Å²) >= 11 is 0. The number of para-hydroxylation sites is 1. The maximum absolute atomic E-state index is 13.8. The molecule has 1 N–H and O–H groups in total. The Labute approximate surface area is 181 Å². The van der Waals surface area contributed by atoms with Gasteiger partial charge in [-0.05, 0) is 24.1 Å². The molecule has 3 aliphatic heterocycles. The van der Waals surface area contributed by atoms with Crippen LogP contribution in [0.1, 0.15) is 38.3 Å². The zero-order valence-corrected chi connectivity index (χ0v) is 18.0. The fraction of sp³-hybridized carbons (Fsp3) is 0.417. The van der Waals surface area contributed by atoms with Crippen LogP contribution in [-0.2, 0) is 15.0 Å². The molecule has 2 aromatic carbocycles. The van der Waals surface area contributed by atoms with Crippen LogP contribution in [0, 0.1) is 5.41 Å². The number of anilines is 1. The Morgan fingerprint density at radius 1 is 1.06 bits per heavy atom. The number of amides is 2. The molecule has 31 heavy (non-hydrogen) atoms. The topological polar surface area (TPSA) is 77.1 Å². The number of nitrogens with zero attached hydrogens (tertiary/aromatic N) is 1. The molecule has 1 spiro atoms. The highest BCUT2D eigenvalue weighted by Crippen LogP contribution is 2.54. The van der Waals surface area contributed by atoms with Gasteiger partial charge in [-0.2, -0.15) is 0 Å². The summed E-state index contributed by atoms with van der Waals surface area (Å²) in [5, 5.41) is 2.96. The lowest BCUT2D eigenvalue weighted by atomic mass is 9.77. The fourth-order valence-electron chi connectivity index (χ4n) is 4.49. The Kier molecular flexibility index (Phi) is 4.39. The number of fused-ring (bicyclic) bond motifs is 5. The zero-order valence-electron chi connectivity index (χ0n) is 18.0. The van der Waals surface area contributed by atoms with Gasteiger partial charge in [0.1, 0.15) is 17.8 Å². The van der Waals surface area contributed by atoms with Crippen LogP contribution in [0.15, 0.2) is 36.4 Å². The molecule has 0 saturated heterocycles. The van der Waals surface area contributed by atoms with Gasteiger partial charge in [-0.3, -0.25) is 9.59 Å². The Balaban J connectivity index is 1.42. The number of rotatable bonds is 4. The molecule has 0 bridgehead atoms. The van der Waals surface area contributed by atoms with Gasteiger partial charge in [0.05, 0.1) is 0 Å². The van der Waals surface area contributed by atoms with E-state index in [1.165, 1.54) is 0 Å². The van der Waals surface area contributed by atoms with E-state index in [9.17, 15) is 9.59 Å². The molecular weight excluding hydrogens is 396 g/mol. The van der Waals surface area contributed by atoms with Gasteiger partial charge in [-0.15, -0.1) is 0 Å². The van der Waals surface area contributed by atoms with Gasteiger partial charge in [0.25, 0.3) is 0 Å². The predicted molar refractivity (Wildman–Crippen MR) is 115 cm³/mol. The molecule has 0 aromatic heterocycles. The van der Waals surface area contributed by atoms with Crippen molar-refractivity contribution in [2.75, 3.05) is 31.4 Å². The smallest absolute Gasteiger partial charge is 0.245 e. The average Bonchev–Trinajstić information content (AvgIpc) is 3.41. The summed E-state index contributed by atoms with van der Waals surface area (Å²) in [6.07, 6.45) is 0.660. The third-order valence-corrected chi connectivity index (χ3v) is 6.17. The van der Waals surface area contributed by atoms with E-state index in [2.05, 4.69) is 5.32 Å². The highest BCUT2D eigenvalue weighted by Gasteiger charge is 2.57. The summed E-state index contributed by atoms with van der Waals surface area (Å²) in [6, 6.07) is 11.6. The number of carbonyl (C=O) groups excluding carboxylic acids is 2. The molecule has 0 saturated carbocycles. The molecule has 7 nitrogen and oxygen atoms in total. The maximum Gasteiger partial charge on any atom is 0.245 e. The minimum absolute atomic E-state index is 0.00585. The first kappa shape index (κ1) is 19.7. The van der Waals surface area contributed by atoms with Crippen molar-refractivity contribution >= 4 is 17.5 Å². The van der Waals surface area contributed by atoms with Crippen molar-refractivity contribution in [2.45, 2.75) is 32.6 Å². The van der Waals surface area contributed by atoms with Crippen molar-refractivity contribution in [1.82, 2.24) is 5.32 Å². The molecule has 0 radical (unpaired) electrons. The lowest BCUT2D eigenvalue weighted by Crippen LogP contribution is -2.43. The second-order valence-electron chi connectivity index (χ2n) is 9.23. The number of ether oxygens (including phenoxy) is 3. The Morgan fingerprint density at radius 2 is 1.81 bits per heavy atom. The average molecular weight is 422 g/mol. The zero-order chi connectivity index (χ0) is 21.8. The summed E-state index contributed by atoms with van der Waals surface area (Å²) in [5.41, 5.74) is 1.33. The second kappa shape index (κ2) is 6.90. The first-order chi connectivity index (χ1) is 14.8. The van der Waals surface area contributed by atoms with E-state index in [-0.39, 0.29) is 25.2 Å². The molecule has 0 fully saturated rings. The first-order valence-electron chi connectivity index (χ1n) is 10.6. The van der Waals surface area contributed by atoms with E-state index in [1.807, 2.05) is 62.1 Å². The van der Waals surface area contributed by atoms with Crippen molar-refractivity contribution in [3.63, 3.8) is 0 Å². The first-order valence-corrected chi connectivity index (χ1v) is 10.6. The lowest BCUT2D eigenvalue weighted by molar-refractivity contribution is -0.128. The van der Waals surface area contributed by atoms with Gasteiger partial charge < -0.3 is 24.4 Å². The quantitative estimate of drug-likeness (QED) is 0.767. The molecule has 2 amide bonds. The standard InChI is InChI=1S/C24H26N2O5/c1-23(2,3)21(27)25-9-6-10-26-17-8-5-4-7-15(17)24(22(26)28)13-29-18-12-20-19(11-16(18)24)30-14-31-20/h4-5,7-8,11-12H,6,9-10,13-14H2,1-3H3,(H,25,27). The summed E-state index contributed by atoms with van der Waals surface area (Å²) in [6.45, 7) is 7.10. The van der Waals surface area contributed by atoms with Crippen LogP contribution in [0.4, 0.5) is 5.69 Å². The van der Waals surface area contributed by atoms with Gasteiger partial charge in [0, 0.05) is 35.8 Å². The number of benzene rings is 2. The normalized spacial score (nSPS) is 20.6. The van der Waals surface area contributed by atoms with Crippen LogP contribution in [0.25, 0.3) is 0 Å². The van der Waals surface area contributed by atoms with Crippen LogP contribution in [0.5, 0.6) is 17.2 Å². The Hall–Kier alpha value is -3.22. The van der Waals surface area contributed by atoms with Gasteiger partial charge in [0.15, 0.2) is 11.5 Å². The summed E-state index contributed by atoms with van der Waals surface area (Å²) in [7, 11) is 0. The molecule has 0 aliphatic carbocycles. The lowest BCUT2D eigenvalue weighted by Gasteiger charge is -2.23. The molecule has 162 valence electrons. The van der Waals surface area contributed by atoms with Crippen LogP contribution < -0.4 is 24.4 Å². The third kappa shape index (κ3) is 2.94. The SMILES string of the molecule is CC(C)(C)C(=O)NCCCN1C(=O)C2(COc3cc4c(cc32)OCO4)c2ccccc21. The largest absolute Gasteiger partial charge is 0.491 e. The minimum atomic E-state index is -0.887. The minimum Gasteiger partial charge on any atom is -0.491 e. The third-order valence-electron chi connectivity index (χ3n) is 6.17. The van der Waals surface area contributed by atoms with E-state index < -0.39 is 10.8 Å². The van der Waals surface area contributed by atoms with E-state index >= 15 is 0 Å². The van der Waals surface area contributed by atoms with E-state index in [1.54, 1.807) is 0 Å². The van der Waals surface area contributed by atoms with Crippen LogP contribution >= 0.6 is 0 Å². The number of hydrogen-bond donors (Lipinski definition) is 1. The second-order valence-corrected chi connectivity index (χ2v) is 9.23. The molecule has 1 atom stereocenters. The molecule has 5 rings (SSSR count). The Morgan fingerprint density at radius 3 is 2.58 bits per heavy atom. The number of hydrogen-bond acceptors (Lipinski definition) is 5. The van der Waals surface area contributed by atoms with E-state index in [0.717, 1.165) is 16.8 Å². The van der Waals surface area contributed by atoms with Crippen molar-refractivity contribution in [2.24, 2.45) is 5.41 Å². The summed E-state index contributed by atoms with van der Waals surface area (Å²) in [4.78, 5) is 27.8. The summed E-state index contributed by atoms with van der Waals surface area (Å²) in [5.74, 6) is 1.93. The summed E-state index contributed by atoms with van der Waals surface area (Å²) < 4.78 is 17.0. The highest BCUT2D eigenvalue weighted by molar-refractivity contribution is 6.11. The van der Waals surface area contributed by atoms with Gasteiger partial charge in [-0.1, -0.05) is 39.0 Å². The van der Waals surface area contributed by atoms with Crippen molar-refractivity contribution in [3.05, 3.63) is 47.5 Å². The Bertz CT molecular complexity index is 1070. The number of nitrogens with one attached hydrogen (secondary N) is 1. The molecule has 2 aromatic rings. The van der Waals surface area contributed by atoms with Crippen LogP contribution in [-0.4, -0.2) is 38.3 Å².